The van der Waals surface area contributed by atoms with Gasteiger partial charge in [-0.2, -0.15) is 10.1 Å². The Hall–Kier alpha value is -2.45. The number of hydrazone groups is 1. The minimum Gasteiger partial charge on any atom is -0.490 e. The Kier molecular flexibility index (Phi) is 6.14. The first kappa shape index (κ1) is 22.3. The van der Waals surface area contributed by atoms with E-state index >= 15 is 0 Å². The molecule has 1 saturated carbocycles. The van der Waals surface area contributed by atoms with E-state index in [1.807, 2.05) is 37.3 Å². The van der Waals surface area contributed by atoms with Crippen molar-refractivity contribution >= 4 is 49.9 Å². The summed E-state index contributed by atoms with van der Waals surface area (Å²) in [4.78, 5) is 25.7. The van der Waals surface area contributed by atoms with Gasteiger partial charge in [0.1, 0.15) is 6.61 Å². The number of benzene rings is 2. The molecule has 6 nitrogen and oxygen atoms in total. The van der Waals surface area contributed by atoms with Crippen molar-refractivity contribution in [3.63, 3.8) is 0 Å². The molecule has 3 aliphatic rings. The van der Waals surface area contributed by atoms with Gasteiger partial charge < -0.3 is 9.47 Å². The molecular weight excluding hydrogens is 552 g/mol. The summed E-state index contributed by atoms with van der Waals surface area (Å²) >= 11 is 7.00. The van der Waals surface area contributed by atoms with Gasteiger partial charge >= 0.3 is 0 Å². The Balaban J connectivity index is 1.34. The number of hydrogen-bond donors (Lipinski definition) is 0. The van der Waals surface area contributed by atoms with Crippen molar-refractivity contribution in [3.05, 3.63) is 68.6 Å². The number of carbonyl (C=O) groups excluding carboxylic acids is 2. The normalized spacial score (nSPS) is 25.4. The van der Waals surface area contributed by atoms with E-state index < -0.39 is 0 Å². The van der Waals surface area contributed by atoms with E-state index in [1.54, 1.807) is 6.07 Å². The molecule has 0 unspecified atom stereocenters. The zero-order valence-corrected chi connectivity index (χ0v) is 21.1. The molecule has 1 aliphatic heterocycles. The van der Waals surface area contributed by atoms with Gasteiger partial charge in [-0.15, -0.1) is 0 Å². The van der Waals surface area contributed by atoms with Gasteiger partial charge in [0.25, 0.3) is 11.8 Å². The number of ether oxygens (including phenoxy) is 2. The molecule has 5 rings (SSSR count). The van der Waals surface area contributed by atoms with E-state index in [0.29, 0.717) is 34.7 Å². The molecule has 2 fully saturated rings. The molecule has 0 radical (unpaired) electrons. The van der Waals surface area contributed by atoms with Crippen LogP contribution in [0.5, 0.6) is 11.5 Å². The van der Waals surface area contributed by atoms with Crippen LogP contribution < -0.4 is 9.47 Å². The van der Waals surface area contributed by atoms with Crippen molar-refractivity contribution in [1.29, 1.82) is 0 Å². The third kappa shape index (κ3) is 4.15. The molecule has 4 atom stereocenters. The number of fused-ring (bicyclic) bond motifs is 5. The predicted molar refractivity (Wildman–Crippen MR) is 131 cm³/mol. The zero-order valence-electron chi connectivity index (χ0n) is 17.9. The predicted octanol–water partition coefficient (Wildman–Crippen LogP) is 5.33. The second-order valence-corrected chi connectivity index (χ2v) is 10.2. The highest BCUT2D eigenvalue weighted by atomic mass is 79.9. The quantitative estimate of drug-likeness (QED) is 0.255. The van der Waals surface area contributed by atoms with Crippen molar-refractivity contribution in [2.75, 3.05) is 6.61 Å². The summed E-state index contributed by atoms with van der Waals surface area (Å²) in [6, 6.07) is 11.5. The summed E-state index contributed by atoms with van der Waals surface area (Å²) in [5, 5.41) is 5.32. The summed E-state index contributed by atoms with van der Waals surface area (Å²) in [6.45, 7) is 2.75. The molecule has 2 amide bonds. The molecule has 2 aromatic rings. The van der Waals surface area contributed by atoms with E-state index in [4.69, 9.17) is 9.47 Å². The van der Waals surface area contributed by atoms with Gasteiger partial charge in [-0.3, -0.25) is 9.59 Å². The third-order valence-corrected chi connectivity index (χ3v) is 7.52. The minimum absolute atomic E-state index is 0.164. The first-order chi connectivity index (χ1) is 16.0. The Morgan fingerprint density at radius 3 is 2.33 bits per heavy atom. The van der Waals surface area contributed by atoms with Crippen LogP contribution in [0.4, 0.5) is 0 Å². The Labute approximate surface area is 208 Å². The first-order valence-corrected chi connectivity index (χ1v) is 12.5. The second-order valence-electron chi connectivity index (χ2n) is 8.41. The monoisotopic (exact) mass is 572 g/mol. The number of rotatable bonds is 7. The first-order valence-electron chi connectivity index (χ1n) is 10.9. The lowest BCUT2D eigenvalue weighted by Crippen LogP contribution is -2.28. The number of halogens is 2. The van der Waals surface area contributed by atoms with Crippen molar-refractivity contribution in [2.24, 2.45) is 28.8 Å². The highest BCUT2D eigenvalue weighted by Gasteiger charge is 2.59. The fourth-order valence-corrected chi connectivity index (χ4v) is 5.76. The maximum atomic E-state index is 12.8. The van der Waals surface area contributed by atoms with E-state index in [0.717, 1.165) is 21.5 Å². The molecule has 2 aromatic carbocycles. The maximum Gasteiger partial charge on any atom is 0.254 e. The molecule has 0 aromatic heterocycles. The minimum atomic E-state index is -0.259. The van der Waals surface area contributed by atoms with Gasteiger partial charge in [-0.25, -0.2) is 0 Å². The molecule has 1 heterocycles. The number of nitrogens with zero attached hydrogens (tertiary/aromatic N) is 2. The van der Waals surface area contributed by atoms with Crippen LogP contribution in [0.2, 0.25) is 0 Å². The summed E-state index contributed by atoms with van der Waals surface area (Å²) in [5.74, 6) is 0.559. The summed E-state index contributed by atoms with van der Waals surface area (Å²) < 4.78 is 13.5. The number of carbonyl (C=O) groups is 2. The molecule has 1 saturated heterocycles. The fraction of sp³-hybridized carbons (Fsp3) is 0.320. The van der Waals surface area contributed by atoms with Crippen LogP contribution in [0.15, 0.2) is 62.6 Å². The highest BCUT2D eigenvalue weighted by Crippen LogP contribution is 2.52. The van der Waals surface area contributed by atoms with E-state index in [-0.39, 0.29) is 35.5 Å². The average Bonchev–Trinajstić information content (AvgIpc) is 3.47. The van der Waals surface area contributed by atoms with E-state index in [9.17, 15) is 9.59 Å². The lowest BCUT2D eigenvalue weighted by molar-refractivity contribution is -0.140. The van der Waals surface area contributed by atoms with Gasteiger partial charge in [0.05, 0.1) is 29.1 Å². The Morgan fingerprint density at radius 2 is 1.70 bits per heavy atom. The number of hydrogen-bond acceptors (Lipinski definition) is 5. The van der Waals surface area contributed by atoms with Gasteiger partial charge in [-0.1, -0.05) is 40.2 Å². The third-order valence-electron chi connectivity index (χ3n) is 6.40. The highest BCUT2D eigenvalue weighted by molar-refractivity contribution is 9.10. The lowest BCUT2D eigenvalue weighted by Gasteiger charge is -2.15. The zero-order chi connectivity index (χ0) is 23.1. The van der Waals surface area contributed by atoms with Gasteiger partial charge in [0.2, 0.25) is 0 Å². The van der Waals surface area contributed by atoms with Gasteiger partial charge in [-0.05, 0) is 76.5 Å². The molecule has 0 spiro atoms. The Morgan fingerprint density at radius 1 is 1.03 bits per heavy atom. The SMILES string of the molecule is CCOc1cc(/C=N\N2C(=O)[C@@H]3[C@H](C2=O)[C@H]2C=C[C@H]3C2)cc(Br)c1OCc1ccc(Br)cc1. The molecule has 170 valence electrons. The number of allylic oxidation sites excluding steroid dienone is 2. The van der Waals surface area contributed by atoms with Crippen LogP contribution in [0.3, 0.4) is 0 Å². The topological polar surface area (TPSA) is 68.2 Å². The van der Waals surface area contributed by atoms with Crippen LogP contribution >= 0.6 is 31.9 Å². The number of amides is 2. The largest absolute Gasteiger partial charge is 0.490 e. The molecule has 0 N–H and O–H groups in total. The summed E-state index contributed by atoms with van der Waals surface area (Å²) in [5.41, 5.74) is 1.72. The standard InChI is InChI=1S/C25H22Br2N2O4/c1-2-32-20-10-15(9-19(27)23(20)33-13-14-3-7-18(26)8-4-14)12-28-29-24(30)21-16-5-6-17(11-16)22(21)25(29)31/h3-10,12,16-17,21-22H,2,11,13H2,1H3/b28-12-/t16-,17-,21-,22+/m0/s1. The lowest BCUT2D eigenvalue weighted by atomic mass is 9.85. The molecule has 33 heavy (non-hydrogen) atoms. The fourth-order valence-electron chi connectivity index (χ4n) is 4.93. The van der Waals surface area contributed by atoms with Gasteiger partial charge in [0, 0.05) is 4.47 Å². The van der Waals surface area contributed by atoms with Crippen LogP contribution in [0.1, 0.15) is 24.5 Å². The summed E-state index contributed by atoms with van der Waals surface area (Å²) in [6.07, 6.45) is 6.57. The molecule has 8 heteroatoms. The van der Waals surface area contributed by atoms with Crippen LogP contribution in [0, 0.1) is 23.7 Å². The van der Waals surface area contributed by atoms with Crippen molar-refractivity contribution in [1.82, 2.24) is 5.01 Å². The summed E-state index contributed by atoms with van der Waals surface area (Å²) in [7, 11) is 0. The molecular formula is C25H22Br2N2O4. The van der Waals surface area contributed by atoms with E-state index in [2.05, 4.69) is 49.1 Å². The van der Waals surface area contributed by atoms with Crippen molar-refractivity contribution in [3.8, 4) is 11.5 Å². The van der Waals surface area contributed by atoms with Crippen LogP contribution in [-0.4, -0.2) is 29.6 Å². The van der Waals surface area contributed by atoms with Crippen molar-refractivity contribution in [2.45, 2.75) is 20.0 Å². The van der Waals surface area contributed by atoms with Crippen LogP contribution in [0.25, 0.3) is 0 Å². The number of imide groups is 1. The molecule has 2 aliphatic carbocycles. The van der Waals surface area contributed by atoms with Crippen LogP contribution in [-0.2, 0) is 16.2 Å². The Bertz CT molecular complexity index is 1130. The maximum absolute atomic E-state index is 12.8. The molecule has 2 bridgehead atoms. The van der Waals surface area contributed by atoms with E-state index in [1.165, 1.54) is 6.21 Å². The average molecular weight is 574 g/mol. The van der Waals surface area contributed by atoms with Crippen molar-refractivity contribution < 1.29 is 19.1 Å². The smallest absolute Gasteiger partial charge is 0.254 e. The van der Waals surface area contributed by atoms with Gasteiger partial charge in [0.15, 0.2) is 11.5 Å². The second kappa shape index (κ2) is 9.06.